The van der Waals surface area contributed by atoms with Gasteiger partial charge in [0, 0.05) is 43.3 Å². The summed E-state index contributed by atoms with van der Waals surface area (Å²) >= 11 is 1.54. The van der Waals surface area contributed by atoms with E-state index in [-0.39, 0.29) is 5.91 Å². The van der Waals surface area contributed by atoms with Crippen molar-refractivity contribution in [2.24, 2.45) is 5.92 Å². The third-order valence-electron chi connectivity index (χ3n) is 6.45. The van der Waals surface area contributed by atoms with Crippen molar-refractivity contribution in [1.82, 2.24) is 14.9 Å². The van der Waals surface area contributed by atoms with Crippen molar-refractivity contribution in [3.05, 3.63) is 30.5 Å². The molecule has 2 amide bonds. The van der Waals surface area contributed by atoms with Gasteiger partial charge in [0.25, 0.3) is 0 Å². The number of anilines is 4. The van der Waals surface area contributed by atoms with Crippen LogP contribution in [0.4, 0.5) is 27.9 Å². The molecular formula is C24H28N6O4S. The van der Waals surface area contributed by atoms with Gasteiger partial charge in [0.05, 0.1) is 16.7 Å². The number of fused-ring (bicyclic) bond motifs is 2. The first-order valence-corrected chi connectivity index (χ1v) is 12.4. The maximum absolute atomic E-state index is 12.4. The topological polar surface area (TPSA) is 124 Å². The number of hydrogen-bond donors (Lipinski definition) is 3. The number of nitrogens with one attached hydrogen (secondary N) is 2. The molecule has 2 aliphatic rings. The monoisotopic (exact) mass is 496 g/mol. The van der Waals surface area contributed by atoms with Crippen LogP contribution in [0.15, 0.2) is 39.8 Å². The van der Waals surface area contributed by atoms with Gasteiger partial charge in [-0.05, 0) is 50.8 Å². The molecular weight excluding hydrogens is 468 g/mol. The van der Waals surface area contributed by atoms with Crippen molar-refractivity contribution in [2.45, 2.75) is 36.3 Å². The number of thioether (sulfide) groups is 1. The number of benzene rings is 1. The van der Waals surface area contributed by atoms with E-state index in [1.165, 1.54) is 4.90 Å². The summed E-state index contributed by atoms with van der Waals surface area (Å²) in [6, 6.07) is 7.64. The van der Waals surface area contributed by atoms with Crippen LogP contribution in [-0.4, -0.2) is 63.4 Å². The first kappa shape index (κ1) is 23.3. The number of carboxylic acid groups (broad SMARTS) is 1. The van der Waals surface area contributed by atoms with Crippen LogP contribution in [0.5, 0.6) is 0 Å². The van der Waals surface area contributed by atoms with Crippen LogP contribution in [0.2, 0.25) is 0 Å². The number of carbonyl (C=O) groups is 2. The molecule has 11 heteroatoms. The van der Waals surface area contributed by atoms with Gasteiger partial charge in [-0.3, -0.25) is 4.79 Å². The molecule has 0 spiro atoms. The zero-order chi connectivity index (χ0) is 24.7. The van der Waals surface area contributed by atoms with E-state index >= 15 is 0 Å². The summed E-state index contributed by atoms with van der Waals surface area (Å²) in [5.41, 5.74) is 2.87. The third-order valence-corrected chi connectivity index (χ3v) is 7.73. The summed E-state index contributed by atoms with van der Waals surface area (Å²) in [5, 5.41) is 15.4. The Morgan fingerprint density at radius 3 is 2.83 bits per heavy atom. The average Bonchev–Trinajstić information content (AvgIpc) is 3.28. The van der Waals surface area contributed by atoms with E-state index in [0.29, 0.717) is 29.5 Å². The molecule has 3 N–H and O–H groups in total. The lowest BCUT2D eigenvalue weighted by Crippen LogP contribution is -2.39. The van der Waals surface area contributed by atoms with Gasteiger partial charge in [-0.25, -0.2) is 9.78 Å². The molecule has 35 heavy (non-hydrogen) atoms. The van der Waals surface area contributed by atoms with Crippen LogP contribution in [-0.2, 0) is 4.79 Å². The van der Waals surface area contributed by atoms with Crippen molar-refractivity contribution in [2.75, 3.05) is 42.2 Å². The standard InChI is InChI=1S/C24H28N6O4S/c1-24(2)21(31)26-17-12-15(4-5-18(17)35-24)25-22-27-16-8-11-34-19(16)20(28-22)30-9-6-14(7-10-30)13-29(3)23(32)33/h4-5,8,11-12,14H,6-7,9-10,13H2,1-3H3,(H,26,31)(H,32,33)(H,25,27,28). The Morgan fingerprint density at radius 2 is 2.09 bits per heavy atom. The predicted octanol–water partition coefficient (Wildman–Crippen LogP) is 4.62. The summed E-state index contributed by atoms with van der Waals surface area (Å²) in [6.45, 7) is 5.85. The number of piperidine rings is 1. The van der Waals surface area contributed by atoms with E-state index in [2.05, 4.69) is 20.5 Å². The van der Waals surface area contributed by atoms with E-state index in [1.807, 2.05) is 38.1 Å². The molecule has 10 nitrogen and oxygen atoms in total. The van der Waals surface area contributed by atoms with Crippen molar-refractivity contribution in [3.63, 3.8) is 0 Å². The molecule has 0 saturated carbocycles. The molecule has 1 fully saturated rings. The minimum atomic E-state index is -0.903. The molecule has 5 rings (SSSR count). The fraction of sp³-hybridized carbons (Fsp3) is 0.417. The Labute approximate surface area is 207 Å². The fourth-order valence-corrected chi connectivity index (χ4v) is 5.48. The van der Waals surface area contributed by atoms with Crippen LogP contribution < -0.4 is 15.5 Å². The van der Waals surface area contributed by atoms with Crippen LogP contribution in [0.1, 0.15) is 26.7 Å². The van der Waals surface area contributed by atoms with Crippen molar-refractivity contribution in [3.8, 4) is 0 Å². The van der Waals surface area contributed by atoms with Crippen LogP contribution >= 0.6 is 11.8 Å². The van der Waals surface area contributed by atoms with E-state index in [1.54, 1.807) is 25.1 Å². The lowest BCUT2D eigenvalue weighted by atomic mass is 9.96. The van der Waals surface area contributed by atoms with Crippen molar-refractivity contribution in [1.29, 1.82) is 0 Å². The van der Waals surface area contributed by atoms with Gasteiger partial charge < -0.3 is 30.0 Å². The summed E-state index contributed by atoms with van der Waals surface area (Å²) in [6.07, 6.45) is 2.44. The van der Waals surface area contributed by atoms with E-state index < -0.39 is 10.8 Å². The smallest absolute Gasteiger partial charge is 0.407 e. The van der Waals surface area contributed by atoms with Gasteiger partial charge in [-0.2, -0.15) is 4.98 Å². The number of amides is 2. The number of hydrogen-bond acceptors (Lipinski definition) is 8. The maximum atomic E-state index is 12.4. The average molecular weight is 497 g/mol. The Hall–Kier alpha value is -3.47. The highest BCUT2D eigenvalue weighted by Gasteiger charge is 2.34. The fourth-order valence-electron chi connectivity index (χ4n) is 4.43. The first-order chi connectivity index (χ1) is 16.7. The zero-order valence-electron chi connectivity index (χ0n) is 19.9. The summed E-state index contributed by atoms with van der Waals surface area (Å²) in [5.74, 6) is 1.45. The third kappa shape index (κ3) is 4.72. The quantitative estimate of drug-likeness (QED) is 0.464. The molecule has 2 aliphatic heterocycles. The van der Waals surface area contributed by atoms with Crippen LogP contribution in [0.25, 0.3) is 11.1 Å². The summed E-state index contributed by atoms with van der Waals surface area (Å²) in [7, 11) is 1.61. The van der Waals surface area contributed by atoms with Crippen LogP contribution in [0.3, 0.4) is 0 Å². The number of rotatable bonds is 5. The highest BCUT2D eigenvalue weighted by Crippen LogP contribution is 2.43. The second-order valence-electron chi connectivity index (χ2n) is 9.50. The van der Waals surface area contributed by atoms with Gasteiger partial charge in [-0.15, -0.1) is 11.8 Å². The summed E-state index contributed by atoms with van der Waals surface area (Å²) in [4.78, 5) is 37.4. The molecule has 0 radical (unpaired) electrons. The van der Waals surface area contributed by atoms with E-state index in [4.69, 9.17) is 14.5 Å². The van der Waals surface area contributed by atoms with Gasteiger partial charge >= 0.3 is 6.09 Å². The Morgan fingerprint density at radius 1 is 1.31 bits per heavy atom. The lowest BCUT2D eigenvalue weighted by molar-refractivity contribution is -0.117. The molecule has 0 atom stereocenters. The van der Waals surface area contributed by atoms with Gasteiger partial charge in [0.1, 0.15) is 5.52 Å². The molecule has 0 bridgehead atoms. The minimum absolute atomic E-state index is 0.0246. The van der Waals surface area contributed by atoms with Gasteiger partial charge in [0.15, 0.2) is 11.4 Å². The van der Waals surface area contributed by atoms with Gasteiger partial charge in [-0.1, -0.05) is 0 Å². The van der Waals surface area contributed by atoms with E-state index in [9.17, 15) is 9.59 Å². The summed E-state index contributed by atoms with van der Waals surface area (Å²) < 4.78 is 5.19. The highest BCUT2D eigenvalue weighted by atomic mass is 32.2. The molecule has 1 aromatic carbocycles. The molecule has 184 valence electrons. The Balaban J connectivity index is 1.35. The number of carbonyl (C=O) groups excluding carboxylic acids is 1. The molecule has 1 saturated heterocycles. The van der Waals surface area contributed by atoms with Gasteiger partial charge in [0.2, 0.25) is 11.9 Å². The minimum Gasteiger partial charge on any atom is -0.465 e. The molecule has 4 heterocycles. The number of aromatic nitrogens is 2. The number of furan rings is 1. The first-order valence-electron chi connectivity index (χ1n) is 11.6. The van der Waals surface area contributed by atoms with Crippen molar-refractivity contribution < 1.29 is 19.1 Å². The SMILES string of the molecule is CN(CC1CCN(c2nc(Nc3ccc4c(c3)NC(=O)C(C)(C)S4)nc3ccoc23)CC1)C(=O)O. The Bertz CT molecular complexity index is 1280. The number of nitrogens with zero attached hydrogens (tertiary/aromatic N) is 4. The zero-order valence-corrected chi connectivity index (χ0v) is 20.7. The predicted molar refractivity (Wildman–Crippen MR) is 136 cm³/mol. The van der Waals surface area contributed by atoms with E-state index in [0.717, 1.165) is 48.0 Å². The Kier molecular flexibility index (Phi) is 5.96. The second kappa shape index (κ2) is 8.95. The normalized spacial score (nSPS) is 17.7. The van der Waals surface area contributed by atoms with Crippen molar-refractivity contribution >= 4 is 58.0 Å². The molecule has 0 unspecified atom stereocenters. The highest BCUT2D eigenvalue weighted by molar-refractivity contribution is 8.01. The maximum Gasteiger partial charge on any atom is 0.407 e. The molecule has 2 aromatic heterocycles. The second-order valence-corrected chi connectivity index (χ2v) is 11.2. The lowest BCUT2D eigenvalue weighted by Gasteiger charge is -2.34. The van der Waals surface area contributed by atoms with Crippen LogP contribution in [0, 0.1) is 5.92 Å². The largest absolute Gasteiger partial charge is 0.465 e. The molecule has 3 aromatic rings. The molecule has 0 aliphatic carbocycles.